The first-order valence-electron chi connectivity index (χ1n) is 5.63. The van der Waals surface area contributed by atoms with Gasteiger partial charge in [0.25, 0.3) is 0 Å². The van der Waals surface area contributed by atoms with E-state index in [-0.39, 0.29) is 10.8 Å². The summed E-state index contributed by atoms with van der Waals surface area (Å²) in [6.07, 6.45) is 0.839. The molecular formula is C13H12ClFN2S2. The topological polar surface area (TPSA) is 38.0 Å². The average molecular weight is 315 g/mol. The van der Waals surface area contributed by atoms with Gasteiger partial charge < -0.3 is 11.1 Å². The Hall–Kier alpha value is -1.17. The number of halogens is 2. The summed E-state index contributed by atoms with van der Waals surface area (Å²) in [5.41, 5.74) is 6.85. The molecule has 0 radical (unpaired) electrons. The first-order chi connectivity index (χ1) is 9.06. The van der Waals surface area contributed by atoms with Gasteiger partial charge in [-0.1, -0.05) is 23.8 Å². The summed E-state index contributed by atoms with van der Waals surface area (Å²) in [7, 11) is 0. The summed E-state index contributed by atoms with van der Waals surface area (Å²) in [6.45, 7) is 0.706. The van der Waals surface area contributed by atoms with Gasteiger partial charge in [-0.05, 0) is 36.8 Å². The Balaban J connectivity index is 2.01. The third kappa shape index (κ3) is 3.89. The highest BCUT2D eigenvalue weighted by Gasteiger charge is 2.06. The van der Waals surface area contributed by atoms with Gasteiger partial charge in [0.1, 0.15) is 10.8 Å². The van der Waals surface area contributed by atoms with Crippen molar-refractivity contribution >= 4 is 45.8 Å². The number of rotatable bonds is 5. The van der Waals surface area contributed by atoms with Crippen molar-refractivity contribution in [3.05, 3.63) is 50.9 Å². The van der Waals surface area contributed by atoms with Gasteiger partial charge in [-0.25, -0.2) is 4.39 Å². The molecule has 0 aliphatic heterocycles. The molecule has 0 unspecified atom stereocenters. The highest BCUT2D eigenvalue weighted by molar-refractivity contribution is 7.80. The lowest BCUT2D eigenvalue weighted by molar-refractivity contribution is 0.627. The maximum Gasteiger partial charge on any atom is 0.124 e. The number of benzene rings is 1. The number of thiocarbonyl (C=S) groups is 1. The predicted molar refractivity (Wildman–Crippen MR) is 83.8 cm³/mol. The molecule has 0 spiro atoms. The summed E-state index contributed by atoms with van der Waals surface area (Å²) in [5.74, 6) is -0.349. The third-order valence-electron chi connectivity index (χ3n) is 2.56. The molecule has 3 N–H and O–H groups in total. The minimum absolute atomic E-state index is 0.182. The molecule has 0 bridgehead atoms. The third-order valence-corrected chi connectivity index (χ3v) is 4.07. The maximum atomic E-state index is 13.1. The van der Waals surface area contributed by atoms with Crippen molar-refractivity contribution in [3.8, 4) is 0 Å². The molecule has 0 aliphatic carbocycles. The largest absolute Gasteiger partial charge is 0.389 e. The van der Waals surface area contributed by atoms with Gasteiger partial charge in [0.2, 0.25) is 0 Å². The fourth-order valence-corrected chi connectivity index (χ4v) is 2.94. The highest BCUT2D eigenvalue weighted by Crippen LogP contribution is 2.22. The van der Waals surface area contributed by atoms with E-state index < -0.39 is 0 Å². The number of anilines is 1. The monoisotopic (exact) mass is 314 g/mol. The minimum Gasteiger partial charge on any atom is -0.389 e. The predicted octanol–water partition coefficient (Wildman–Crippen LogP) is 3.83. The van der Waals surface area contributed by atoms with Crippen LogP contribution in [0, 0.1) is 5.82 Å². The first-order valence-corrected chi connectivity index (χ1v) is 7.24. The second-order valence-corrected chi connectivity index (χ2v) is 6.18. The smallest absolute Gasteiger partial charge is 0.124 e. The molecule has 0 fully saturated rings. The van der Waals surface area contributed by atoms with Crippen molar-refractivity contribution in [2.24, 2.45) is 5.73 Å². The molecule has 0 saturated carbocycles. The van der Waals surface area contributed by atoms with E-state index in [9.17, 15) is 4.39 Å². The summed E-state index contributed by atoms with van der Waals surface area (Å²) in [5, 5.41) is 3.21. The Bertz CT molecular complexity index is 598. The molecule has 1 aromatic carbocycles. The van der Waals surface area contributed by atoms with Crippen LogP contribution in [0.1, 0.15) is 10.4 Å². The molecule has 1 heterocycles. The number of hydrogen-bond donors (Lipinski definition) is 2. The van der Waals surface area contributed by atoms with Crippen LogP contribution in [-0.4, -0.2) is 11.5 Å². The van der Waals surface area contributed by atoms with Crippen molar-refractivity contribution in [1.29, 1.82) is 0 Å². The van der Waals surface area contributed by atoms with Crippen molar-refractivity contribution < 1.29 is 4.39 Å². The fourth-order valence-electron chi connectivity index (χ4n) is 1.68. The molecule has 0 atom stereocenters. The van der Waals surface area contributed by atoms with E-state index in [4.69, 9.17) is 29.6 Å². The normalized spacial score (nSPS) is 10.4. The SMILES string of the molecule is NC(=S)c1cc(F)ccc1NCCc1ccc(Cl)s1. The Labute approximate surface area is 125 Å². The van der Waals surface area contributed by atoms with Gasteiger partial charge in [0.05, 0.1) is 4.34 Å². The standard InChI is InChI=1S/C13H12ClFN2S2/c14-12-4-2-9(19-12)5-6-17-11-3-1-8(15)7-10(11)13(16)18/h1-4,7,17H,5-6H2,(H2,16,18). The zero-order valence-corrected chi connectivity index (χ0v) is 12.3. The molecule has 0 aliphatic rings. The van der Waals surface area contributed by atoms with Crippen LogP contribution in [0.4, 0.5) is 10.1 Å². The fraction of sp³-hybridized carbons (Fsp3) is 0.154. The molecule has 100 valence electrons. The Morgan fingerprint density at radius 1 is 1.37 bits per heavy atom. The number of thiophene rings is 1. The Kier molecular flexibility index (Phi) is 4.74. The van der Waals surface area contributed by atoms with Gasteiger partial charge in [-0.15, -0.1) is 11.3 Å². The van der Waals surface area contributed by atoms with E-state index in [1.54, 1.807) is 17.4 Å². The molecule has 1 aromatic heterocycles. The van der Waals surface area contributed by atoms with E-state index in [0.717, 1.165) is 16.4 Å². The van der Waals surface area contributed by atoms with Crippen LogP contribution in [0.15, 0.2) is 30.3 Å². The highest BCUT2D eigenvalue weighted by atomic mass is 35.5. The van der Waals surface area contributed by atoms with Gasteiger partial charge in [0, 0.05) is 22.7 Å². The number of nitrogens with one attached hydrogen (secondary N) is 1. The summed E-state index contributed by atoms with van der Waals surface area (Å²) >= 11 is 12.3. The van der Waals surface area contributed by atoms with Gasteiger partial charge in [-0.2, -0.15) is 0 Å². The summed E-state index contributed by atoms with van der Waals surface area (Å²) < 4.78 is 13.9. The lowest BCUT2D eigenvalue weighted by atomic mass is 10.1. The Morgan fingerprint density at radius 2 is 2.16 bits per heavy atom. The van der Waals surface area contributed by atoms with E-state index in [2.05, 4.69) is 5.32 Å². The number of nitrogens with two attached hydrogens (primary N) is 1. The van der Waals surface area contributed by atoms with E-state index in [0.29, 0.717) is 12.1 Å². The summed E-state index contributed by atoms with van der Waals surface area (Å²) in [6, 6.07) is 8.23. The minimum atomic E-state index is -0.349. The van der Waals surface area contributed by atoms with Crippen molar-refractivity contribution in [1.82, 2.24) is 0 Å². The quantitative estimate of drug-likeness (QED) is 0.824. The van der Waals surface area contributed by atoms with Gasteiger partial charge in [-0.3, -0.25) is 0 Å². The van der Waals surface area contributed by atoms with Crippen LogP contribution in [0.3, 0.4) is 0 Å². The molecule has 2 aromatic rings. The Morgan fingerprint density at radius 3 is 2.79 bits per heavy atom. The molecular weight excluding hydrogens is 303 g/mol. The van der Waals surface area contributed by atoms with Crippen molar-refractivity contribution in [2.45, 2.75) is 6.42 Å². The zero-order valence-electron chi connectivity index (χ0n) is 9.95. The molecule has 2 rings (SSSR count). The number of hydrogen-bond acceptors (Lipinski definition) is 3. The molecule has 2 nitrogen and oxygen atoms in total. The second kappa shape index (κ2) is 6.32. The lowest BCUT2D eigenvalue weighted by Gasteiger charge is -2.10. The van der Waals surface area contributed by atoms with Crippen LogP contribution < -0.4 is 11.1 Å². The van der Waals surface area contributed by atoms with E-state index in [1.807, 2.05) is 12.1 Å². The zero-order chi connectivity index (χ0) is 13.8. The summed E-state index contributed by atoms with van der Waals surface area (Å²) in [4.78, 5) is 1.37. The van der Waals surface area contributed by atoms with Crippen LogP contribution in [0.5, 0.6) is 0 Å². The van der Waals surface area contributed by atoms with Crippen molar-refractivity contribution in [2.75, 3.05) is 11.9 Å². The molecule has 0 saturated heterocycles. The molecule has 19 heavy (non-hydrogen) atoms. The van der Waals surface area contributed by atoms with Crippen molar-refractivity contribution in [3.63, 3.8) is 0 Å². The first kappa shape index (κ1) is 14.2. The molecule has 0 amide bonds. The van der Waals surface area contributed by atoms with Gasteiger partial charge >= 0.3 is 0 Å². The maximum absolute atomic E-state index is 13.1. The second-order valence-electron chi connectivity index (χ2n) is 3.94. The lowest BCUT2D eigenvalue weighted by Crippen LogP contribution is -2.14. The van der Waals surface area contributed by atoms with Crippen LogP contribution >= 0.6 is 35.2 Å². The van der Waals surface area contributed by atoms with Gasteiger partial charge in [0.15, 0.2) is 0 Å². The van der Waals surface area contributed by atoms with E-state index >= 15 is 0 Å². The van der Waals surface area contributed by atoms with E-state index in [1.165, 1.54) is 17.0 Å². The van der Waals surface area contributed by atoms with Crippen LogP contribution in [-0.2, 0) is 6.42 Å². The molecule has 6 heteroatoms. The average Bonchev–Trinajstić information content (AvgIpc) is 2.77. The van der Waals surface area contributed by atoms with Crippen LogP contribution in [0.2, 0.25) is 4.34 Å². The van der Waals surface area contributed by atoms with Crippen LogP contribution in [0.25, 0.3) is 0 Å².